The van der Waals surface area contributed by atoms with Gasteiger partial charge in [-0.3, -0.25) is 9.52 Å². The summed E-state index contributed by atoms with van der Waals surface area (Å²) in [4.78, 5) is 12.5. The number of anilines is 1. The summed E-state index contributed by atoms with van der Waals surface area (Å²) in [6.45, 7) is 2.94. The van der Waals surface area contributed by atoms with Crippen molar-refractivity contribution in [1.29, 1.82) is 0 Å². The Hall–Kier alpha value is -2.09. The third-order valence-electron chi connectivity index (χ3n) is 4.38. The standard InChI is InChI=1S/C19H21ClN2O4S/c1-13-4-5-14(19(23)21-12-16-3-2-10-26-16)11-18(13)22-27(24,25)17-8-6-15(20)7-9-17/h4-9,11,16,22H,2-3,10,12H2,1H3,(H,21,23)/t16-/m1/s1. The minimum atomic E-state index is -3.78. The van der Waals surface area contributed by atoms with Gasteiger partial charge < -0.3 is 10.1 Å². The zero-order valence-electron chi connectivity index (χ0n) is 14.9. The Balaban J connectivity index is 1.74. The van der Waals surface area contributed by atoms with E-state index in [1.165, 1.54) is 30.3 Å². The number of carbonyl (C=O) groups is 1. The lowest BCUT2D eigenvalue weighted by atomic mass is 10.1. The molecule has 1 heterocycles. The van der Waals surface area contributed by atoms with E-state index in [1.807, 2.05) is 0 Å². The lowest BCUT2D eigenvalue weighted by Gasteiger charge is -2.14. The molecule has 0 spiro atoms. The molecule has 1 fully saturated rings. The van der Waals surface area contributed by atoms with Crippen LogP contribution >= 0.6 is 11.6 Å². The number of halogens is 1. The van der Waals surface area contributed by atoms with Gasteiger partial charge in [0, 0.05) is 23.7 Å². The van der Waals surface area contributed by atoms with Crippen molar-refractivity contribution in [2.45, 2.75) is 30.8 Å². The summed E-state index contributed by atoms with van der Waals surface area (Å²) in [5.74, 6) is -0.266. The number of carbonyl (C=O) groups excluding carboxylic acids is 1. The molecule has 1 atom stereocenters. The fourth-order valence-electron chi connectivity index (χ4n) is 2.80. The number of sulfonamides is 1. The third-order valence-corrected chi connectivity index (χ3v) is 6.02. The number of amides is 1. The maximum Gasteiger partial charge on any atom is 0.261 e. The van der Waals surface area contributed by atoms with Crippen LogP contribution < -0.4 is 10.0 Å². The second-order valence-electron chi connectivity index (χ2n) is 6.43. The number of hydrogen-bond donors (Lipinski definition) is 2. The van der Waals surface area contributed by atoms with Crippen LogP contribution in [0.3, 0.4) is 0 Å². The highest BCUT2D eigenvalue weighted by Crippen LogP contribution is 2.22. The van der Waals surface area contributed by atoms with Gasteiger partial charge in [-0.15, -0.1) is 0 Å². The van der Waals surface area contributed by atoms with E-state index in [0.29, 0.717) is 28.4 Å². The molecule has 2 N–H and O–H groups in total. The Labute approximate surface area is 163 Å². The van der Waals surface area contributed by atoms with Crippen molar-refractivity contribution in [3.63, 3.8) is 0 Å². The summed E-state index contributed by atoms with van der Waals surface area (Å²) in [6.07, 6.45) is 1.98. The summed E-state index contributed by atoms with van der Waals surface area (Å²) in [5.41, 5.74) is 1.45. The molecule has 2 aromatic rings. The highest BCUT2D eigenvalue weighted by Gasteiger charge is 2.19. The van der Waals surface area contributed by atoms with Gasteiger partial charge in [-0.1, -0.05) is 17.7 Å². The molecule has 0 saturated carbocycles. The molecule has 1 aliphatic heterocycles. The summed E-state index contributed by atoms with van der Waals surface area (Å²) < 4.78 is 33.2. The minimum Gasteiger partial charge on any atom is -0.376 e. The maximum absolute atomic E-state index is 12.6. The maximum atomic E-state index is 12.6. The Bertz CT molecular complexity index is 923. The summed E-state index contributed by atoms with van der Waals surface area (Å²) in [5, 5.41) is 3.29. The van der Waals surface area contributed by atoms with E-state index in [1.54, 1.807) is 19.1 Å². The average Bonchev–Trinajstić information content (AvgIpc) is 3.15. The van der Waals surface area contributed by atoms with Gasteiger partial charge in [0.05, 0.1) is 16.7 Å². The lowest BCUT2D eigenvalue weighted by molar-refractivity contribution is 0.0858. The summed E-state index contributed by atoms with van der Waals surface area (Å²) in [6, 6.07) is 10.8. The Morgan fingerprint density at radius 2 is 1.96 bits per heavy atom. The minimum absolute atomic E-state index is 0.0438. The van der Waals surface area contributed by atoms with Gasteiger partial charge in [0.25, 0.3) is 15.9 Å². The smallest absolute Gasteiger partial charge is 0.261 e. The van der Waals surface area contributed by atoms with E-state index in [-0.39, 0.29) is 16.9 Å². The van der Waals surface area contributed by atoms with Crippen LogP contribution in [-0.2, 0) is 14.8 Å². The molecule has 0 aliphatic carbocycles. The van der Waals surface area contributed by atoms with E-state index in [2.05, 4.69) is 10.0 Å². The SMILES string of the molecule is Cc1ccc(C(=O)NC[C@H]2CCCO2)cc1NS(=O)(=O)c1ccc(Cl)cc1. The van der Waals surface area contributed by atoms with Crippen molar-refractivity contribution in [3.8, 4) is 0 Å². The van der Waals surface area contributed by atoms with Gasteiger partial charge in [0.15, 0.2) is 0 Å². The first kappa shape index (κ1) is 19.7. The van der Waals surface area contributed by atoms with Crippen LogP contribution in [0.5, 0.6) is 0 Å². The number of benzene rings is 2. The predicted octanol–water partition coefficient (Wildman–Crippen LogP) is 3.36. The fraction of sp³-hybridized carbons (Fsp3) is 0.316. The molecule has 6 nitrogen and oxygen atoms in total. The largest absolute Gasteiger partial charge is 0.376 e. The van der Waals surface area contributed by atoms with Crippen LogP contribution in [-0.4, -0.2) is 33.6 Å². The van der Waals surface area contributed by atoms with Crippen molar-refractivity contribution in [3.05, 3.63) is 58.6 Å². The second-order valence-corrected chi connectivity index (χ2v) is 8.55. The first-order valence-electron chi connectivity index (χ1n) is 8.64. The molecule has 1 saturated heterocycles. The Kier molecular flexibility index (Phi) is 6.04. The van der Waals surface area contributed by atoms with E-state index < -0.39 is 10.0 Å². The molecule has 144 valence electrons. The quantitative estimate of drug-likeness (QED) is 0.767. The van der Waals surface area contributed by atoms with Crippen molar-refractivity contribution < 1.29 is 17.9 Å². The van der Waals surface area contributed by atoms with Gasteiger partial charge in [0.1, 0.15) is 0 Å². The van der Waals surface area contributed by atoms with Crippen molar-refractivity contribution >= 4 is 33.2 Å². The molecule has 0 bridgehead atoms. The van der Waals surface area contributed by atoms with E-state index in [4.69, 9.17) is 16.3 Å². The van der Waals surface area contributed by atoms with Crippen LogP contribution in [0.4, 0.5) is 5.69 Å². The molecule has 0 radical (unpaired) electrons. The Morgan fingerprint density at radius 3 is 2.63 bits per heavy atom. The van der Waals surface area contributed by atoms with Crippen molar-refractivity contribution in [2.75, 3.05) is 17.9 Å². The van der Waals surface area contributed by atoms with E-state index in [0.717, 1.165) is 19.4 Å². The average molecular weight is 409 g/mol. The van der Waals surface area contributed by atoms with Crippen molar-refractivity contribution in [1.82, 2.24) is 5.32 Å². The molecule has 2 aromatic carbocycles. The molecular weight excluding hydrogens is 388 g/mol. The van der Waals surface area contributed by atoms with Crippen LogP contribution in [0.1, 0.15) is 28.8 Å². The number of aryl methyl sites for hydroxylation is 1. The second kappa shape index (κ2) is 8.29. The number of ether oxygens (including phenoxy) is 1. The topological polar surface area (TPSA) is 84.5 Å². The van der Waals surface area contributed by atoms with Crippen molar-refractivity contribution in [2.24, 2.45) is 0 Å². The zero-order valence-corrected chi connectivity index (χ0v) is 16.4. The molecule has 3 rings (SSSR count). The van der Waals surface area contributed by atoms with Gasteiger partial charge in [0.2, 0.25) is 0 Å². The predicted molar refractivity (Wildman–Crippen MR) is 105 cm³/mol. The third kappa shape index (κ3) is 5.00. The molecule has 8 heteroatoms. The number of rotatable bonds is 6. The van der Waals surface area contributed by atoms with Gasteiger partial charge in [-0.05, 0) is 61.7 Å². The van der Waals surface area contributed by atoms with Gasteiger partial charge in [-0.2, -0.15) is 0 Å². The highest BCUT2D eigenvalue weighted by atomic mass is 35.5. The lowest BCUT2D eigenvalue weighted by Crippen LogP contribution is -2.31. The highest BCUT2D eigenvalue weighted by molar-refractivity contribution is 7.92. The number of nitrogens with one attached hydrogen (secondary N) is 2. The molecule has 0 unspecified atom stereocenters. The van der Waals surface area contributed by atoms with Gasteiger partial charge >= 0.3 is 0 Å². The molecule has 1 aliphatic rings. The fourth-order valence-corrected chi connectivity index (χ4v) is 4.05. The normalized spacial score (nSPS) is 16.9. The van der Waals surface area contributed by atoms with Crippen LogP contribution in [0.25, 0.3) is 0 Å². The van der Waals surface area contributed by atoms with Crippen LogP contribution in [0.2, 0.25) is 5.02 Å². The molecule has 27 heavy (non-hydrogen) atoms. The first-order chi connectivity index (χ1) is 12.8. The van der Waals surface area contributed by atoms with Gasteiger partial charge in [-0.25, -0.2) is 8.42 Å². The molecule has 0 aromatic heterocycles. The van der Waals surface area contributed by atoms with Crippen LogP contribution in [0.15, 0.2) is 47.4 Å². The molecular formula is C19H21ClN2O4S. The monoisotopic (exact) mass is 408 g/mol. The number of hydrogen-bond acceptors (Lipinski definition) is 4. The Morgan fingerprint density at radius 1 is 1.22 bits per heavy atom. The molecule has 1 amide bonds. The summed E-state index contributed by atoms with van der Waals surface area (Å²) in [7, 11) is -3.78. The summed E-state index contributed by atoms with van der Waals surface area (Å²) >= 11 is 5.81. The van der Waals surface area contributed by atoms with E-state index >= 15 is 0 Å². The van der Waals surface area contributed by atoms with Crippen LogP contribution in [0, 0.1) is 6.92 Å². The first-order valence-corrected chi connectivity index (χ1v) is 10.5. The zero-order chi connectivity index (χ0) is 19.4. The van der Waals surface area contributed by atoms with E-state index in [9.17, 15) is 13.2 Å².